The van der Waals surface area contributed by atoms with E-state index in [1.54, 1.807) is 0 Å². The van der Waals surface area contributed by atoms with Gasteiger partial charge in [-0.1, -0.05) is 0 Å². The normalized spacial score (nSPS) is 19.6. The maximum absolute atomic E-state index is 12.8. The molecule has 0 bridgehead atoms. The Bertz CT molecular complexity index is 756. The van der Waals surface area contributed by atoms with Crippen molar-refractivity contribution in [3.05, 3.63) is 42.2 Å². The summed E-state index contributed by atoms with van der Waals surface area (Å²) in [6.07, 6.45) is 2.42. The molecule has 1 aromatic rings. The molecule has 1 aliphatic rings. The summed E-state index contributed by atoms with van der Waals surface area (Å²) in [4.78, 5) is 46.5. The molecule has 2 rings (SSSR count). The molecule has 8 nitrogen and oxygen atoms in total. The molecule has 2 amide bonds. The predicted molar refractivity (Wildman–Crippen MR) is 92.0 cm³/mol. The Balaban J connectivity index is 1.89. The van der Waals surface area contributed by atoms with Gasteiger partial charge in [0.2, 0.25) is 11.8 Å². The number of anilines is 1. The third kappa shape index (κ3) is 5.63. The molecular weight excluding hydrogens is 359 g/mol. The van der Waals surface area contributed by atoms with Gasteiger partial charge in [-0.3, -0.25) is 14.4 Å². The summed E-state index contributed by atoms with van der Waals surface area (Å²) in [6.45, 7) is 0. The van der Waals surface area contributed by atoms with Crippen LogP contribution in [0.2, 0.25) is 0 Å². The van der Waals surface area contributed by atoms with Crippen LogP contribution in [0, 0.1) is 17.7 Å². The standard InChI is InChI=1S/C18H19FN2O6/c1-27-18(26)16(10-8-11(9-10)17(24)25)21-15(23)7-6-14(22)20-13-4-2-12(19)3-5-13/h2-7,10-11,16H,8-9H2,1H3,(H,20,22)(H,21,23)(H,24,25)/b7-6+. The first-order valence-corrected chi connectivity index (χ1v) is 8.16. The number of hydrogen-bond donors (Lipinski definition) is 3. The predicted octanol–water partition coefficient (Wildman–Crippen LogP) is 1.09. The molecule has 0 aliphatic heterocycles. The molecule has 27 heavy (non-hydrogen) atoms. The zero-order valence-electron chi connectivity index (χ0n) is 14.5. The van der Waals surface area contributed by atoms with E-state index < -0.39 is 41.5 Å². The number of halogens is 1. The number of carbonyl (C=O) groups is 4. The third-order valence-electron chi connectivity index (χ3n) is 4.25. The van der Waals surface area contributed by atoms with Crippen molar-refractivity contribution < 1.29 is 33.4 Å². The van der Waals surface area contributed by atoms with Gasteiger partial charge in [-0.25, -0.2) is 9.18 Å². The summed E-state index contributed by atoms with van der Waals surface area (Å²) in [5, 5.41) is 13.8. The molecule has 1 fully saturated rings. The van der Waals surface area contributed by atoms with Crippen LogP contribution in [0.25, 0.3) is 0 Å². The molecule has 0 heterocycles. The highest BCUT2D eigenvalue weighted by Gasteiger charge is 2.42. The molecule has 0 aromatic heterocycles. The van der Waals surface area contributed by atoms with Gasteiger partial charge in [0.05, 0.1) is 13.0 Å². The third-order valence-corrected chi connectivity index (χ3v) is 4.25. The zero-order chi connectivity index (χ0) is 20.0. The molecule has 1 aromatic carbocycles. The molecule has 1 aliphatic carbocycles. The number of benzene rings is 1. The molecular formula is C18H19FN2O6. The van der Waals surface area contributed by atoms with Gasteiger partial charge in [0.15, 0.2) is 0 Å². The lowest BCUT2D eigenvalue weighted by Crippen LogP contribution is -2.51. The fraction of sp³-hybridized carbons (Fsp3) is 0.333. The van der Waals surface area contributed by atoms with Crippen LogP contribution >= 0.6 is 0 Å². The van der Waals surface area contributed by atoms with Gasteiger partial charge in [-0.2, -0.15) is 0 Å². The van der Waals surface area contributed by atoms with Crippen LogP contribution in [0.5, 0.6) is 0 Å². The summed E-state index contributed by atoms with van der Waals surface area (Å²) < 4.78 is 17.5. The second-order valence-electron chi connectivity index (χ2n) is 6.11. The molecule has 1 atom stereocenters. The van der Waals surface area contributed by atoms with Crippen LogP contribution in [0.3, 0.4) is 0 Å². The number of carbonyl (C=O) groups excluding carboxylic acids is 3. The lowest BCUT2D eigenvalue weighted by atomic mass is 9.71. The number of methoxy groups -OCH3 is 1. The average molecular weight is 378 g/mol. The number of amides is 2. The lowest BCUT2D eigenvalue weighted by Gasteiger charge is -2.36. The number of aliphatic carboxylic acids is 1. The molecule has 1 unspecified atom stereocenters. The maximum atomic E-state index is 12.8. The Morgan fingerprint density at radius 3 is 2.30 bits per heavy atom. The molecule has 3 N–H and O–H groups in total. The SMILES string of the molecule is COC(=O)C(NC(=O)/C=C/C(=O)Nc1ccc(F)cc1)C1CC(C(=O)O)C1. The topological polar surface area (TPSA) is 122 Å². The van der Waals surface area contributed by atoms with Crippen molar-refractivity contribution in [2.24, 2.45) is 11.8 Å². The largest absolute Gasteiger partial charge is 0.481 e. The Morgan fingerprint density at radius 1 is 1.15 bits per heavy atom. The Hall–Kier alpha value is -3.23. The van der Waals surface area contributed by atoms with Gasteiger partial charge in [-0.05, 0) is 43.0 Å². The monoisotopic (exact) mass is 378 g/mol. The van der Waals surface area contributed by atoms with Crippen molar-refractivity contribution in [2.45, 2.75) is 18.9 Å². The lowest BCUT2D eigenvalue weighted by molar-refractivity contribution is -0.153. The fourth-order valence-electron chi connectivity index (χ4n) is 2.70. The van der Waals surface area contributed by atoms with Crippen molar-refractivity contribution in [3.63, 3.8) is 0 Å². The molecule has 144 valence electrons. The zero-order valence-corrected chi connectivity index (χ0v) is 14.5. The van der Waals surface area contributed by atoms with Crippen LogP contribution in [0.1, 0.15) is 12.8 Å². The molecule has 1 saturated carbocycles. The summed E-state index contributed by atoms with van der Waals surface area (Å²) in [7, 11) is 1.17. The highest BCUT2D eigenvalue weighted by atomic mass is 19.1. The number of carboxylic acids is 1. The van der Waals surface area contributed by atoms with Gasteiger partial charge < -0.3 is 20.5 Å². The van der Waals surface area contributed by atoms with Crippen molar-refractivity contribution >= 4 is 29.4 Å². The maximum Gasteiger partial charge on any atom is 0.328 e. The Morgan fingerprint density at radius 2 is 1.74 bits per heavy atom. The first-order chi connectivity index (χ1) is 12.8. The van der Waals surface area contributed by atoms with E-state index in [9.17, 15) is 23.6 Å². The van der Waals surface area contributed by atoms with Gasteiger partial charge in [-0.15, -0.1) is 0 Å². The summed E-state index contributed by atoms with van der Waals surface area (Å²) in [5.41, 5.74) is 0.355. The van der Waals surface area contributed by atoms with Crippen LogP contribution in [0.15, 0.2) is 36.4 Å². The first kappa shape index (κ1) is 20.1. The molecule has 0 spiro atoms. The van der Waals surface area contributed by atoms with E-state index >= 15 is 0 Å². The van der Waals surface area contributed by atoms with E-state index in [1.165, 1.54) is 31.4 Å². The Kier molecular flexibility index (Phi) is 6.64. The summed E-state index contributed by atoms with van der Waals surface area (Å²) >= 11 is 0. The van der Waals surface area contributed by atoms with Crippen LogP contribution in [0.4, 0.5) is 10.1 Å². The van der Waals surface area contributed by atoms with Crippen LogP contribution in [-0.2, 0) is 23.9 Å². The van der Waals surface area contributed by atoms with E-state index in [4.69, 9.17) is 5.11 Å². The molecule has 9 heteroatoms. The van der Waals surface area contributed by atoms with E-state index in [-0.39, 0.29) is 18.8 Å². The second kappa shape index (κ2) is 8.93. The van der Waals surface area contributed by atoms with E-state index in [2.05, 4.69) is 15.4 Å². The minimum Gasteiger partial charge on any atom is -0.481 e. The Labute approximate surface area is 154 Å². The van der Waals surface area contributed by atoms with E-state index in [1.807, 2.05) is 0 Å². The van der Waals surface area contributed by atoms with Crippen molar-refractivity contribution in [3.8, 4) is 0 Å². The highest BCUT2D eigenvalue weighted by molar-refractivity contribution is 6.04. The number of carboxylic acid groups (broad SMARTS) is 1. The quantitative estimate of drug-likeness (QED) is 0.482. The van der Waals surface area contributed by atoms with Crippen molar-refractivity contribution in [2.75, 3.05) is 12.4 Å². The molecule has 0 radical (unpaired) electrons. The minimum atomic E-state index is -0.983. The van der Waals surface area contributed by atoms with E-state index in [0.717, 1.165) is 12.2 Å². The van der Waals surface area contributed by atoms with Crippen molar-refractivity contribution in [1.29, 1.82) is 0 Å². The van der Waals surface area contributed by atoms with Gasteiger partial charge >= 0.3 is 11.9 Å². The number of hydrogen-bond acceptors (Lipinski definition) is 5. The van der Waals surface area contributed by atoms with Gasteiger partial charge in [0.1, 0.15) is 11.9 Å². The average Bonchev–Trinajstić information content (AvgIpc) is 2.59. The second-order valence-corrected chi connectivity index (χ2v) is 6.11. The van der Waals surface area contributed by atoms with E-state index in [0.29, 0.717) is 5.69 Å². The van der Waals surface area contributed by atoms with Gasteiger partial charge in [0.25, 0.3) is 0 Å². The number of nitrogens with one attached hydrogen (secondary N) is 2. The fourth-order valence-corrected chi connectivity index (χ4v) is 2.70. The highest BCUT2D eigenvalue weighted by Crippen LogP contribution is 2.36. The molecule has 0 saturated heterocycles. The number of ether oxygens (including phenoxy) is 1. The summed E-state index contributed by atoms with van der Waals surface area (Å²) in [6, 6.07) is 4.10. The van der Waals surface area contributed by atoms with Gasteiger partial charge in [0, 0.05) is 17.8 Å². The first-order valence-electron chi connectivity index (χ1n) is 8.16. The van der Waals surface area contributed by atoms with Crippen LogP contribution < -0.4 is 10.6 Å². The summed E-state index contributed by atoms with van der Waals surface area (Å²) in [5.74, 6) is -4.27. The smallest absolute Gasteiger partial charge is 0.328 e. The minimum absolute atomic E-state index is 0.254. The van der Waals surface area contributed by atoms with Crippen LogP contribution in [-0.4, -0.2) is 42.0 Å². The number of rotatable bonds is 7. The van der Waals surface area contributed by atoms with Crippen molar-refractivity contribution in [1.82, 2.24) is 5.32 Å². The number of esters is 1.